The van der Waals surface area contributed by atoms with Crippen molar-refractivity contribution in [2.45, 2.75) is 26.2 Å². The first-order valence-electron chi connectivity index (χ1n) is 2.31. The average Bonchev–Trinajstić information content (AvgIpc) is 1.61. The van der Waals surface area contributed by atoms with E-state index in [1.165, 1.54) is 6.42 Å². The molecule has 0 aromatic heterocycles. The Kier molecular flexibility index (Phi) is 31.0. The monoisotopic (exact) mass is 224 g/mol. The molecule has 0 aromatic rings. The van der Waals surface area contributed by atoms with E-state index in [-0.39, 0.29) is 36.5 Å². The van der Waals surface area contributed by atoms with Crippen LogP contribution in [0.25, 0.3) is 0 Å². The molecule has 8 heavy (non-hydrogen) atoms. The maximum absolute atomic E-state index is 6.46. The van der Waals surface area contributed by atoms with Gasteiger partial charge in [-0.25, -0.2) is 0 Å². The topological polar surface area (TPSA) is 0 Å². The van der Waals surface area contributed by atoms with Gasteiger partial charge in [0.1, 0.15) is 0 Å². The minimum absolute atomic E-state index is 0. The molecule has 0 saturated heterocycles. The summed E-state index contributed by atoms with van der Waals surface area (Å²) in [7, 11) is 0. The Morgan fingerprint density at radius 1 is 1.50 bits per heavy atom. The minimum Gasteiger partial charge on any atom is -1.00 e. The van der Waals surface area contributed by atoms with E-state index >= 15 is 0 Å². The van der Waals surface area contributed by atoms with Crippen molar-refractivity contribution in [1.29, 1.82) is 0 Å². The van der Waals surface area contributed by atoms with E-state index in [1.807, 2.05) is 0 Å². The predicted molar refractivity (Wildman–Crippen MR) is 26.7 cm³/mol. The fourth-order valence-corrected chi connectivity index (χ4v) is 0.265. The van der Waals surface area contributed by atoms with E-state index in [9.17, 15) is 0 Å². The van der Waals surface area contributed by atoms with Gasteiger partial charge in [-0.15, -0.1) is 0 Å². The molecule has 0 aliphatic carbocycles. The van der Waals surface area contributed by atoms with Gasteiger partial charge in [0.05, 0.1) is 0 Å². The van der Waals surface area contributed by atoms with Crippen LogP contribution in [0.5, 0.6) is 0 Å². The molecule has 0 bridgehead atoms. The van der Waals surface area contributed by atoms with Crippen LogP contribution in [0.3, 0.4) is 0 Å². The van der Waals surface area contributed by atoms with Gasteiger partial charge in [0.25, 0.3) is 0 Å². The molecule has 0 rings (SSSR count). The molecule has 0 aliphatic heterocycles. The van der Waals surface area contributed by atoms with Gasteiger partial charge in [-0.3, -0.25) is 0 Å². The minimum atomic E-state index is 0. The Balaban J connectivity index is -0.000000125. The first-order chi connectivity index (χ1) is 2.91. The van der Waals surface area contributed by atoms with Crippen molar-refractivity contribution in [3.8, 4) is 5.92 Å². The Morgan fingerprint density at radius 3 is 2.12 bits per heavy atom. The Morgan fingerprint density at radius 2 is 2.00 bits per heavy atom. The van der Waals surface area contributed by atoms with E-state index in [0.29, 0.717) is 0 Å². The summed E-state index contributed by atoms with van der Waals surface area (Å²) in [5.74, 6) is 2.32. The van der Waals surface area contributed by atoms with Gasteiger partial charge >= 0.3 is 0 Å². The Hall–Kier alpha value is 0.663. The van der Waals surface area contributed by atoms with Crippen molar-refractivity contribution >= 4 is 0 Å². The van der Waals surface area contributed by atoms with Crippen LogP contribution >= 0.6 is 0 Å². The summed E-state index contributed by atoms with van der Waals surface area (Å²) in [5.41, 5.74) is 0. The van der Waals surface area contributed by atoms with Crippen LogP contribution in [-0.2, 0) is 19.5 Å². The normalized spacial score (nSPS) is 5.50. The van der Waals surface area contributed by atoms with Gasteiger partial charge in [0.15, 0.2) is 0 Å². The molecule has 0 nitrogen and oxygen atoms in total. The number of rotatable bonds is 2. The van der Waals surface area contributed by atoms with Crippen molar-refractivity contribution < 1.29 is 36.5 Å². The summed E-state index contributed by atoms with van der Waals surface area (Å²) in [6, 6.07) is 0. The zero-order chi connectivity index (χ0) is 4.83. The molecule has 0 saturated carbocycles. The van der Waals surface area contributed by atoms with E-state index in [4.69, 9.17) is 6.42 Å². The molecule has 0 heterocycles. The van der Waals surface area contributed by atoms with Gasteiger partial charge in [0.2, 0.25) is 0 Å². The Bertz CT molecular complexity index is 56.0. The molecule has 1 radical (unpaired) electrons. The van der Waals surface area contributed by atoms with Crippen LogP contribution in [0.4, 0.5) is 0 Å². The molecule has 0 aromatic carbocycles. The zero-order valence-electron chi connectivity index (χ0n) is 5.21. The van der Waals surface area contributed by atoms with Crippen LogP contribution < -0.4 is 17.0 Å². The molecule has 0 spiro atoms. The fourth-order valence-electron chi connectivity index (χ4n) is 0.265. The molecular formula is C6H9BrZn-. The van der Waals surface area contributed by atoms with Gasteiger partial charge < -0.3 is 17.0 Å². The molecule has 43 valence electrons. The third-order valence-corrected chi connectivity index (χ3v) is 0.655. The predicted octanol–water partition coefficient (Wildman–Crippen LogP) is -1.23. The molecular weight excluding hydrogens is 217 g/mol. The van der Waals surface area contributed by atoms with Crippen molar-refractivity contribution in [3.63, 3.8) is 0 Å². The summed E-state index contributed by atoms with van der Waals surface area (Å²) in [4.78, 5) is 0. The largest absolute Gasteiger partial charge is 1.00 e. The number of hydrogen-bond acceptors (Lipinski definition) is 0. The van der Waals surface area contributed by atoms with Crippen LogP contribution in [0.15, 0.2) is 0 Å². The SMILES string of the molecule is [Br-].[C]#CCCCC.[Zn]. The molecule has 2 heteroatoms. The van der Waals surface area contributed by atoms with Crippen molar-refractivity contribution in [1.82, 2.24) is 0 Å². The third kappa shape index (κ3) is 15.9. The molecule has 0 N–H and O–H groups in total. The van der Waals surface area contributed by atoms with Crippen LogP contribution in [0.1, 0.15) is 26.2 Å². The first kappa shape index (κ1) is 15.9. The zero-order valence-corrected chi connectivity index (χ0v) is 9.76. The summed E-state index contributed by atoms with van der Waals surface area (Å²) < 4.78 is 0. The second kappa shape index (κ2) is 15.6. The maximum Gasteiger partial charge on any atom is 0.00988 e. The van der Waals surface area contributed by atoms with Crippen molar-refractivity contribution in [2.75, 3.05) is 0 Å². The van der Waals surface area contributed by atoms with E-state index in [0.717, 1.165) is 12.8 Å². The second-order valence-corrected chi connectivity index (χ2v) is 1.28. The molecule has 0 aliphatic rings. The fraction of sp³-hybridized carbons (Fsp3) is 0.667. The number of unbranched alkanes of at least 4 members (excludes halogenated alkanes) is 2. The van der Waals surface area contributed by atoms with Crippen LogP contribution in [0, 0.1) is 12.3 Å². The quantitative estimate of drug-likeness (QED) is 0.314. The second-order valence-electron chi connectivity index (χ2n) is 1.28. The standard InChI is InChI=1S/C6H9.BrH.Zn/c1-3-5-6-4-2;;/h3,5-6H2,1H3;1H;/p-1. The van der Waals surface area contributed by atoms with Crippen LogP contribution in [-0.4, -0.2) is 0 Å². The number of hydrogen-bond donors (Lipinski definition) is 0. The van der Waals surface area contributed by atoms with Gasteiger partial charge in [-0.1, -0.05) is 19.3 Å². The van der Waals surface area contributed by atoms with Crippen molar-refractivity contribution in [2.24, 2.45) is 0 Å². The van der Waals surface area contributed by atoms with Crippen LogP contribution in [0.2, 0.25) is 0 Å². The maximum atomic E-state index is 6.46. The molecule has 0 fully saturated rings. The molecule has 0 amide bonds. The van der Waals surface area contributed by atoms with Gasteiger partial charge in [-0.05, 0) is 12.8 Å². The van der Waals surface area contributed by atoms with E-state index in [1.54, 1.807) is 0 Å². The first-order valence-corrected chi connectivity index (χ1v) is 2.31. The van der Waals surface area contributed by atoms with E-state index in [2.05, 4.69) is 12.8 Å². The third-order valence-electron chi connectivity index (χ3n) is 0.655. The Labute approximate surface area is 75.0 Å². The van der Waals surface area contributed by atoms with Crippen molar-refractivity contribution in [3.05, 3.63) is 6.42 Å². The molecule has 0 atom stereocenters. The number of halogens is 1. The van der Waals surface area contributed by atoms with Gasteiger partial charge in [0, 0.05) is 25.9 Å². The summed E-state index contributed by atoms with van der Waals surface area (Å²) >= 11 is 0. The summed E-state index contributed by atoms with van der Waals surface area (Å²) in [5, 5.41) is 0. The average molecular weight is 226 g/mol. The smallest absolute Gasteiger partial charge is 0.00988 e. The van der Waals surface area contributed by atoms with Gasteiger partial charge in [-0.2, -0.15) is 0 Å². The molecule has 0 unspecified atom stereocenters. The summed E-state index contributed by atoms with van der Waals surface area (Å²) in [6.45, 7) is 2.11. The summed E-state index contributed by atoms with van der Waals surface area (Å²) in [6.07, 6.45) is 9.57. The van der Waals surface area contributed by atoms with E-state index < -0.39 is 0 Å².